The Hall–Kier alpha value is -4.20. The molecule has 0 saturated carbocycles. The van der Waals surface area contributed by atoms with E-state index in [4.69, 9.17) is 27.9 Å². The van der Waals surface area contributed by atoms with Crippen molar-refractivity contribution in [2.24, 2.45) is 5.10 Å². The van der Waals surface area contributed by atoms with E-state index in [1.165, 1.54) is 12.3 Å². The monoisotopic (exact) mass is 505 g/mol. The third kappa shape index (κ3) is 5.84. The molecule has 4 aromatic carbocycles. The lowest BCUT2D eigenvalue weighted by Crippen LogP contribution is -2.32. The minimum Gasteiger partial charge on any atom is -0.423 e. The van der Waals surface area contributed by atoms with Crippen LogP contribution >= 0.6 is 23.2 Å². The first-order valence-electron chi connectivity index (χ1n) is 10.3. The lowest BCUT2D eigenvalue weighted by molar-refractivity contribution is -0.136. The SMILES string of the molecule is O=C(N/N=C\c1ccc(OC(=O)c2cccc3ccccc23)cc1)C(=O)Nc1cccc(Cl)c1Cl. The average molecular weight is 506 g/mol. The van der Waals surface area contributed by atoms with Crippen molar-refractivity contribution in [3.63, 3.8) is 0 Å². The summed E-state index contributed by atoms with van der Waals surface area (Å²) in [5, 5.41) is 8.24. The summed E-state index contributed by atoms with van der Waals surface area (Å²) < 4.78 is 5.49. The second kappa shape index (κ2) is 10.8. The second-order valence-corrected chi connectivity index (χ2v) is 8.03. The van der Waals surface area contributed by atoms with E-state index >= 15 is 0 Å². The van der Waals surface area contributed by atoms with Crippen LogP contribution in [0, 0.1) is 0 Å². The number of amides is 2. The fraction of sp³-hybridized carbons (Fsp3) is 0. The topological polar surface area (TPSA) is 96.9 Å². The zero-order valence-electron chi connectivity index (χ0n) is 18.0. The van der Waals surface area contributed by atoms with Gasteiger partial charge in [-0.05, 0) is 58.8 Å². The molecule has 0 aliphatic heterocycles. The molecule has 0 radical (unpaired) electrons. The molecule has 0 saturated heterocycles. The van der Waals surface area contributed by atoms with Gasteiger partial charge < -0.3 is 10.1 Å². The Morgan fingerprint density at radius 3 is 2.31 bits per heavy atom. The molecule has 35 heavy (non-hydrogen) atoms. The Bertz CT molecular complexity index is 1450. The summed E-state index contributed by atoms with van der Waals surface area (Å²) in [6.07, 6.45) is 1.34. The van der Waals surface area contributed by atoms with Crippen LogP contribution in [-0.2, 0) is 9.59 Å². The molecular formula is C26H17Cl2N3O4. The Morgan fingerprint density at radius 1 is 0.800 bits per heavy atom. The van der Waals surface area contributed by atoms with Gasteiger partial charge in [-0.15, -0.1) is 0 Å². The highest BCUT2D eigenvalue weighted by atomic mass is 35.5. The Kier molecular flexibility index (Phi) is 7.40. The minimum atomic E-state index is -0.988. The minimum absolute atomic E-state index is 0.125. The smallest absolute Gasteiger partial charge is 0.344 e. The van der Waals surface area contributed by atoms with E-state index < -0.39 is 17.8 Å². The maximum atomic E-state index is 12.6. The van der Waals surface area contributed by atoms with Crippen molar-refractivity contribution in [2.75, 3.05) is 5.32 Å². The molecule has 7 nitrogen and oxygen atoms in total. The molecule has 9 heteroatoms. The number of hydrogen-bond acceptors (Lipinski definition) is 5. The van der Waals surface area contributed by atoms with Crippen LogP contribution in [0.15, 0.2) is 90.0 Å². The van der Waals surface area contributed by atoms with Crippen molar-refractivity contribution in [2.45, 2.75) is 0 Å². The normalized spacial score (nSPS) is 10.8. The van der Waals surface area contributed by atoms with Gasteiger partial charge in [-0.3, -0.25) is 9.59 Å². The average Bonchev–Trinajstić information content (AvgIpc) is 2.87. The quantitative estimate of drug-likeness (QED) is 0.124. The number of ether oxygens (including phenoxy) is 1. The number of esters is 1. The van der Waals surface area contributed by atoms with E-state index in [1.54, 1.807) is 48.5 Å². The lowest BCUT2D eigenvalue weighted by Gasteiger charge is -2.07. The number of hydrogen-bond donors (Lipinski definition) is 2. The molecular weight excluding hydrogens is 489 g/mol. The van der Waals surface area contributed by atoms with E-state index in [-0.39, 0.29) is 15.7 Å². The molecule has 0 aromatic heterocycles. The van der Waals surface area contributed by atoms with Crippen LogP contribution in [0.2, 0.25) is 10.0 Å². The molecule has 0 fully saturated rings. The number of carbonyl (C=O) groups excluding carboxylic acids is 3. The van der Waals surface area contributed by atoms with E-state index in [2.05, 4.69) is 15.8 Å². The molecule has 0 aliphatic carbocycles. The molecule has 0 spiro atoms. The molecule has 0 unspecified atom stereocenters. The Labute approximate surface area is 210 Å². The Morgan fingerprint density at radius 2 is 1.51 bits per heavy atom. The summed E-state index contributed by atoms with van der Waals surface area (Å²) in [4.78, 5) is 36.6. The largest absolute Gasteiger partial charge is 0.423 e. The molecule has 4 rings (SSSR count). The van der Waals surface area contributed by atoms with E-state index in [0.717, 1.165) is 10.8 Å². The van der Waals surface area contributed by atoms with Gasteiger partial charge in [-0.25, -0.2) is 10.2 Å². The maximum Gasteiger partial charge on any atom is 0.344 e. The third-order valence-corrected chi connectivity index (χ3v) is 5.70. The van der Waals surface area contributed by atoms with Gasteiger partial charge in [0.25, 0.3) is 0 Å². The zero-order chi connectivity index (χ0) is 24.8. The molecule has 0 atom stereocenters. The van der Waals surface area contributed by atoms with Gasteiger partial charge in [0.05, 0.1) is 27.5 Å². The first-order chi connectivity index (χ1) is 16.9. The maximum absolute atomic E-state index is 12.6. The summed E-state index contributed by atoms with van der Waals surface area (Å²) in [5.41, 5.74) is 3.40. The van der Waals surface area contributed by atoms with Crippen LogP contribution in [0.3, 0.4) is 0 Å². The van der Waals surface area contributed by atoms with E-state index in [9.17, 15) is 14.4 Å². The molecule has 0 aliphatic rings. The molecule has 2 amide bonds. The predicted molar refractivity (Wildman–Crippen MR) is 136 cm³/mol. The number of fused-ring (bicyclic) bond motifs is 1. The summed E-state index contributed by atoms with van der Waals surface area (Å²) in [6.45, 7) is 0. The van der Waals surface area contributed by atoms with Crippen molar-refractivity contribution in [3.05, 3.63) is 106 Å². The van der Waals surface area contributed by atoms with Crippen molar-refractivity contribution in [1.82, 2.24) is 5.43 Å². The van der Waals surface area contributed by atoms with Gasteiger partial charge in [-0.1, -0.05) is 65.7 Å². The molecule has 0 bridgehead atoms. The van der Waals surface area contributed by atoms with Gasteiger partial charge in [0.1, 0.15) is 5.75 Å². The van der Waals surface area contributed by atoms with Gasteiger partial charge >= 0.3 is 17.8 Å². The first-order valence-corrected chi connectivity index (χ1v) is 11.1. The molecule has 0 heterocycles. The first kappa shape index (κ1) is 23.9. The fourth-order valence-electron chi connectivity index (χ4n) is 3.18. The van der Waals surface area contributed by atoms with Crippen molar-refractivity contribution < 1.29 is 19.1 Å². The number of carbonyl (C=O) groups is 3. The second-order valence-electron chi connectivity index (χ2n) is 7.24. The lowest BCUT2D eigenvalue weighted by atomic mass is 10.0. The highest BCUT2D eigenvalue weighted by Gasteiger charge is 2.15. The van der Waals surface area contributed by atoms with Crippen LogP contribution in [0.5, 0.6) is 5.75 Å². The summed E-state index contributed by atoms with van der Waals surface area (Å²) in [6, 6.07) is 24.1. The number of hydrazone groups is 1. The zero-order valence-corrected chi connectivity index (χ0v) is 19.5. The summed E-state index contributed by atoms with van der Waals surface area (Å²) in [7, 11) is 0. The molecule has 2 N–H and O–H groups in total. The highest BCUT2D eigenvalue weighted by molar-refractivity contribution is 6.45. The predicted octanol–water partition coefficient (Wildman–Crippen LogP) is 5.45. The Balaban J connectivity index is 1.33. The summed E-state index contributed by atoms with van der Waals surface area (Å²) in [5.74, 6) is -2.07. The number of halogens is 2. The van der Waals surface area contributed by atoms with Gasteiger partial charge in [0.15, 0.2) is 0 Å². The molecule has 174 valence electrons. The number of nitrogens with one attached hydrogen (secondary N) is 2. The van der Waals surface area contributed by atoms with Gasteiger partial charge in [-0.2, -0.15) is 5.10 Å². The van der Waals surface area contributed by atoms with Crippen molar-refractivity contribution in [1.29, 1.82) is 0 Å². The van der Waals surface area contributed by atoms with Crippen LogP contribution in [0.4, 0.5) is 5.69 Å². The van der Waals surface area contributed by atoms with Crippen LogP contribution in [0.25, 0.3) is 10.8 Å². The summed E-state index contributed by atoms with van der Waals surface area (Å²) >= 11 is 11.9. The number of anilines is 1. The van der Waals surface area contributed by atoms with Gasteiger partial charge in [0, 0.05) is 0 Å². The highest BCUT2D eigenvalue weighted by Crippen LogP contribution is 2.29. The van der Waals surface area contributed by atoms with Crippen LogP contribution < -0.4 is 15.5 Å². The molecule has 4 aromatic rings. The van der Waals surface area contributed by atoms with E-state index in [0.29, 0.717) is 16.9 Å². The number of nitrogens with zero attached hydrogens (tertiary/aromatic N) is 1. The number of rotatable bonds is 5. The van der Waals surface area contributed by atoms with Crippen LogP contribution in [0.1, 0.15) is 15.9 Å². The fourth-order valence-corrected chi connectivity index (χ4v) is 3.53. The van der Waals surface area contributed by atoms with Crippen LogP contribution in [-0.4, -0.2) is 24.0 Å². The van der Waals surface area contributed by atoms with Gasteiger partial charge in [0.2, 0.25) is 0 Å². The third-order valence-electron chi connectivity index (χ3n) is 4.89. The van der Waals surface area contributed by atoms with Crippen molar-refractivity contribution >= 4 is 63.7 Å². The van der Waals surface area contributed by atoms with E-state index in [1.807, 2.05) is 30.3 Å². The van der Waals surface area contributed by atoms with Crippen molar-refractivity contribution in [3.8, 4) is 5.75 Å². The standard InChI is InChI=1S/C26H17Cl2N3O4/c27-21-9-4-10-22(23(21)28)30-24(32)25(33)31-29-15-16-11-13-18(14-12-16)35-26(34)20-8-3-6-17-5-1-2-7-19(17)20/h1-15H,(H,30,32)(H,31,33)/b29-15-. The number of benzene rings is 4.